The van der Waals surface area contributed by atoms with Crippen LogP contribution in [-0.4, -0.2) is 53.2 Å². The number of hydrogen-bond acceptors (Lipinski definition) is 4. The van der Waals surface area contributed by atoms with Gasteiger partial charge < -0.3 is 20.5 Å². The predicted octanol–water partition coefficient (Wildman–Crippen LogP) is 0.841. The number of ether oxygens (including phenoxy) is 1. The van der Waals surface area contributed by atoms with Gasteiger partial charge in [0.15, 0.2) is 0 Å². The fraction of sp³-hybridized carbons (Fsp3) is 0.857. The van der Waals surface area contributed by atoms with Crippen molar-refractivity contribution in [2.24, 2.45) is 11.1 Å². The van der Waals surface area contributed by atoms with Crippen molar-refractivity contribution in [1.29, 1.82) is 0 Å². The molecule has 0 radical (unpaired) electrons. The average molecular weight is 286 g/mol. The zero-order valence-corrected chi connectivity index (χ0v) is 13.0. The number of nitrogens with zero attached hydrogens (tertiary/aromatic N) is 1. The fourth-order valence-electron chi connectivity index (χ4n) is 2.87. The molecule has 6 heteroatoms. The minimum Gasteiger partial charge on any atom is -0.480 e. The summed E-state index contributed by atoms with van der Waals surface area (Å²) in [6, 6.07) is -0.843. The first-order valence-corrected chi connectivity index (χ1v) is 7.04. The SMILES string of the molecule is CCOC1CC(N)(C(=O)N(C)C(CC)C(=O)O)C1(C)C. The minimum absolute atomic E-state index is 0.0697. The van der Waals surface area contributed by atoms with Crippen molar-refractivity contribution < 1.29 is 19.4 Å². The molecule has 0 aromatic rings. The molecule has 3 N–H and O–H groups in total. The first-order chi connectivity index (χ1) is 9.13. The molecular weight excluding hydrogens is 260 g/mol. The molecule has 1 rings (SSSR count). The summed E-state index contributed by atoms with van der Waals surface area (Å²) in [7, 11) is 1.50. The number of aliphatic carboxylic acids is 1. The lowest BCUT2D eigenvalue weighted by Crippen LogP contribution is -2.76. The van der Waals surface area contributed by atoms with E-state index in [0.717, 1.165) is 0 Å². The maximum Gasteiger partial charge on any atom is 0.326 e. The van der Waals surface area contributed by atoms with Crippen molar-refractivity contribution >= 4 is 11.9 Å². The van der Waals surface area contributed by atoms with E-state index in [1.54, 1.807) is 6.92 Å². The molecule has 0 saturated heterocycles. The van der Waals surface area contributed by atoms with E-state index in [4.69, 9.17) is 15.6 Å². The summed E-state index contributed by atoms with van der Waals surface area (Å²) >= 11 is 0. The number of carbonyl (C=O) groups is 2. The molecule has 6 nitrogen and oxygen atoms in total. The molecule has 3 unspecified atom stereocenters. The summed E-state index contributed by atoms with van der Waals surface area (Å²) < 4.78 is 5.59. The van der Waals surface area contributed by atoms with Crippen molar-refractivity contribution in [2.75, 3.05) is 13.7 Å². The van der Waals surface area contributed by atoms with Crippen molar-refractivity contribution in [2.45, 2.75) is 58.2 Å². The van der Waals surface area contributed by atoms with Crippen LogP contribution >= 0.6 is 0 Å². The number of carbonyl (C=O) groups excluding carboxylic acids is 1. The third-order valence-corrected chi connectivity index (χ3v) is 4.67. The van der Waals surface area contributed by atoms with Crippen LogP contribution in [0.25, 0.3) is 0 Å². The van der Waals surface area contributed by atoms with E-state index in [1.807, 2.05) is 20.8 Å². The first kappa shape index (κ1) is 16.9. The largest absolute Gasteiger partial charge is 0.480 e. The molecule has 116 valence electrons. The standard InChI is InChI=1S/C14H26N2O4/c1-6-9(11(17)18)16(5)12(19)14(15)8-10(20-7-2)13(14,3)4/h9-10H,6-8,15H2,1-5H3,(H,17,18). The van der Waals surface area contributed by atoms with Crippen LogP contribution in [0.4, 0.5) is 0 Å². The van der Waals surface area contributed by atoms with Crippen molar-refractivity contribution in [1.82, 2.24) is 4.90 Å². The van der Waals surface area contributed by atoms with E-state index in [9.17, 15) is 9.59 Å². The summed E-state index contributed by atoms with van der Waals surface area (Å²) in [4.78, 5) is 25.0. The van der Waals surface area contributed by atoms with Gasteiger partial charge in [-0.05, 0) is 13.3 Å². The minimum atomic E-state index is -1.07. The zero-order chi connectivity index (χ0) is 15.7. The van der Waals surface area contributed by atoms with Crippen LogP contribution in [0.1, 0.15) is 40.5 Å². The Hall–Kier alpha value is -1.14. The van der Waals surface area contributed by atoms with Crippen LogP contribution in [0.5, 0.6) is 0 Å². The van der Waals surface area contributed by atoms with Crippen LogP contribution < -0.4 is 5.73 Å². The Morgan fingerprint density at radius 3 is 2.35 bits per heavy atom. The second kappa shape index (κ2) is 5.69. The molecule has 0 bridgehead atoms. The van der Waals surface area contributed by atoms with Gasteiger partial charge >= 0.3 is 5.97 Å². The Balaban J connectivity index is 2.90. The number of amides is 1. The summed E-state index contributed by atoms with van der Waals surface area (Å²) in [5.41, 5.74) is 4.70. The Morgan fingerprint density at radius 1 is 1.45 bits per heavy atom. The average Bonchev–Trinajstić information content (AvgIpc) is 2.37. The molecule has 1 fully saturated rings. The van der Waals surface area contributed by atoms with Gasteiger partial charge in [0.25, 0.3) is 0 Å². The predicted molar refractivity (Wildman–Crippen MR) is 75.2 cm³/mol. The highest BCUT2D eigenvalue weighted by molar-refractivity contribution is 5.91. The lowest BCUT2D eigenvalue weighted by atomic mass is 9.54. The number of hydrogen-bond donors (Lipinski definition) is 2. The van der Waals surface area contributed by atoms with E-state index in [-0.39, 0.29) is 12.0 Å². The summed E-state index contributed by atoms with van der Waals surface area (Å²) in [6.07, 6.45) is 0.704. The number of carboxylic acid groups (broad SMARTS) is 1. The number of nitrogens with two attached hydrogens (primary N) is 1. The zero-order valence-electron chi connectivity index (χ0n) is 13.0. The molecule has 20 heavy (non-hydrogen) atoms. The van der Waals surface area contributed by atoms with Gasteiger partial charge in [0.2, 0.25) is 5.91 Å². The molecule has 0 aromatic carbocycles. The van der Waals surface area contributed by atoms with Crippen molar-refractivity contribution in [3.63, 3.8) is 0 Å². The monoisotopic (exact) mass is 286 g/mol. The van der Waals surface area contributed by atoms with Crippen molar-refractivity contribution in [3.8, 4) is 0 Å². The van der Waals surface area contributed by atoms with Crippen LogP contribution in [0.15, 0.2) is 0 Å². The molecular formula is C14H26N2O4. The van der Waals surface area contributed by atoms with Gasteiger partial charge in [0.05, 0.1) is 6.10 Å². The quantitative estimate of drug-likeness (QED) is 0.755. The number of likely N-dealkylation sites (N-methyl/N-ethyl adjacent to an activating group) is 1. The summed E-state index contributed by atoms with van der Waals surface area (Å²) in [6.45, 7) is 7.99. The van der Waals surface area contributed by atoms with Gasteiger partial charge in [-0.3, -0.25) is 4.79 Å². The highest BCUT2D eigenvalue weighted by Crippen LogP contribution is 2.50. The molecule has 1 aliphatic rings. The van der Waals surface area contributed by atoms with Crippen molar-refractivity contribution in [3.05, 3.63) is 0 Å². The normalized spacial score (nSPS) is 29.4. The summed E-state index contributed by atoms with van der Waals surface area (Å²) in [5.74, 6) is -1.34. The molecule has 1 amide bonds. The topological polar surface area (TPSA) is 92.9 Å². The lowest BCUT2D eigenvalue weighted by Gasteiger charge is -2.58. The molecule has 0 aromatic heterocycles. The molecule has 1 saturated carbocycles. The van der Waals surface area contributed by atoms with Gasteiger partial charge in [-0.25, -0.2) is 4.79 Å². The first-order valence-electron chi connectivity index (χ1n) is 7.04. The van der Waals surface area contributed by atoms with E-state index in [1.165, 1.54) is 11.9 Å². The van der Waals surface area contributed by atoms with E-state index in [0.29, 0.717) is 19.4 Å². The van der Waals surface area contributed by atoms with Crippen LogP contribution in [0.3, 0.4) is 0 Å². The van der Waals surface area contributed by atoms with Gasteiger partial charge in [0, 0.05) is 25.5 Å². The van der Waals surface area contributed by atoms with E-state index < -0.39 is 23.0 Å². The fourth-order valence-corrected chi connectivity index (χ4v) is 2.87. The maximum atomic E-state index is 12.6. The van der Waals surface area contributed by atoms with Gasteiger partial charge in [-0.2, -0.15) is 0 Å². The molecule has 0 aliphatic heterocycles. The number of rotatable bonds is 6. The third kappa shape index (κ3) is 2.42. The molecule has 0 spiro atoms. The van der Waals surface area contributed by atoms with Crippen LogP contribution in [-0.2, 0) is 14.3 Å². The number of carboxylic acids is 1. The smallest absolute Gasteiger partial charge is 0.326 e. The van der Waals surface area contributed by atoms with Gasteiger partial charge in [-0.1, -0.05) is 20.8 Å². The second-order valence-corrected chi connectivity index (χ2v) is 6.02. The molecule has 0 heterocycles. The lowest BCUT2D eigenvalue weighted by molar-refractivity contribution is -0.181. The van der Waals surface area contributed by atoms with Crippen LogP contribution in [0.2, 0.25) is 0 Å². The Bertz CT molecular complexity index is 397. The Morgan fingerprint density at radius 2 is 2.00 bits per heavy atom. The highest BCUT2D eigenvalue weighted by Gasteiger charge is 2.63. The van der Waals surface area contributed by atoms with E-state index >= 15 is 0 Å². The molecule has 1 aliphatic carbocycles. The summed E-state index contributed by atoms with van der Waals surface area (Å²) in [5, 5.41) is 9.16. The maximum absolute atomic E-state index is 12.6. The Kier molecular flexibility index (Phi) is 4.82. The second-order valence-electron chi connectivity index (χ2n) is 6.02. The Labute approximate surface area is 120 Å². The highest BCUT2D eigenvalue weighted by atomic mass is 16.5. The van der Waals surface area contributed by atoms with Gasteiger partial charge in [-0.15, -0.1) is 0 Å². The third-order valence-electron chi connectivity index (χ3n) is 4.67. The van der Waals surface area contributed by atoms with E-state index in [2.05, 4.69) is 0 Å². The molecule has 3 atom stereocenters. The van der Waals surface area contributed by atoms with Crippen LogP contribution in [0, 0.1) is 5.41 Å². The van der Waals surface area contributed by atoms with Gasteiger partial charge in [0.1, 0.15) is 11.6 Å².